The van der Waals surface area contributed by atoms with E-state index in [0.29, 0.717) is 4.88 Å². The molecule has 1 atom stereocenters. The number of nitrogens with one attached hydrogen (secondary N) is 1. The number of amides is 1. The number of rotatable bonds is 5. The summed E-state index contributed by atoms with van der Waals surface area (Å²) in [5, 5.41) is 21.2. The van der Waals surface area contributed by atoms with Gasteiger partial charge in [-0.15, -0.1) is 11.3 Å². The van der Waals surface area contributed by atoms with Gasteiger partial charge in [0.25, 0.3) is 5.91 Å². The molecule has 1 aromatic rings. The minimum absolute atomic E-state index is 0.206. The van der Waals surface area contributed by atoms with Crippen molar-refractivity contribution in [2.24, 2.45) is 5.92 Å². The Hall–Kier alpha value is -0.910. The van der Waals surface area contributed by atoms with Crippen LogP contribution in [0.25, 0.3) is 0 Å². The van der Waals surface area contributed by atoms with E-state index >= 15 is 0 Å². The monoisotopic (exact) mass is 297 g/mol. The van der Waals surface area contributed by atoms with Gasteiger partial charge in [0.15, 0.2) is 0 Å². The van der Waals surface area contributed by atoms with Crippen LogP contribution in [-0.2, 0) is 12.8 Å². The molecule has 1 heterocycles. The lowest BCUT2D eigenvalue weighted by Crippen LogP contribution is -2.51. The van der Waals surface area contributed by atoms with Crippen molar-refractivity contribution in [1.82, 2.24) is 5.32 Å². The van der Waals surface area contributed by atoms with E-state index < -0.39 is 5.54 Å². The minimum atomic E-state index is -0.965. The molecule has 0 aromatic carbocycles. The van der Waals surface area contributed by atoms with Crippen LogP contribution in [-0.4, -0.2) is 34.9 Å². The lowest BCUT2D eigenvalue weighted by molar-refractivity contribution is 0.0727. The van der Waals surface area contributed by atoms with Gasteiger partial charge in [0.05, 0.1) is 23.6 Å². The first-order valence-corrected chi connectivity index (χ1v) is 7.98. The normalized spacial score (nSPS) is 18.7. The molecule has 5 heteroatoms. The Labute approximate surface area is 123 Å². The molecule has 0 radical (unpaired) electrons. The van der Waals surface area contributed by atoms with Crippen LogP contribution >= 0.6 is 11.3 Å². The summed E-state index contributed by atoms with van der Waals surface area (Å²) in [6, 6.07) is 1.98. The summed E-state index contributed by atoms with van der Waals surface area (Å²) in [5.41, 5.74) is 0.334. The van der Waals surface area contributed by atoms with Gasteiger partial charge in [0.1, 0.15) is 0 Å². The smallest absolute Gasteiger partial charge is 0.261 e. The summed E-state index contributed by atoms with van der Waals surface area (Å²) >= 11 is 1.54. The molecule has 0 saturated heterocycles. The number of thiophene rings is 1. The highest BCUT2D eigenvalue weighted by molar-refractivity contribution is 7.14. The first kappa shape index (κ1) is 15.5. The summed E-state index contributed by atoms with van der Waals surface area (Å²) in [7, 11) is 0. The Bertz CT molecular complexity index is 479. The molecule has 1 amide bonds. The second-order valence-corrected chi connectivity index (χ2v) is 7.04. The Morgan fingerprint density at radius 2 is 2.20 bits per heavy atom. The maximum absolute atomic E-state index is 12.2. The van der Waals surface area contributed by atoms with E-state index in [1.54, 1.807) is 18.3 Å². The van der Waals surface area contributed by atoms with Crippen LogP contribution in [0.5, 0.6) is 0 Å². The van der Waals surface area contributed by atoms with Crippen LogP contribution in [0.3, 0.4) is 0 Å². The predicted octanol–water partition coefficient (Wildman–Crippen LogP) is 1.74. The Morgan fingerprint density at radius 1 is 1.50 bits per heavy atom. The molecule has 20 heavy (non-hydrogen) atoms. The lowest BCUT2D eigenvalue weighted by atomic mass is 9.87. The van der Waals surface area contributed by atoms with Crippen molar-refractivity contribution in [3.05, 3.63) is 21.4 Å². The molecule has 2 rings (SSSR count). The maximum Gasteiger partial charge on any atom is 0.261 e. The largest absolute Gasteiger partial charge is 0.394 e. The molecule has 0 bridgehead atoms. The van der Waals surface area contributed by atoms with Crippen molar-refractivity contribution < 1.29 is 15.0 Å². The maximum atomic E-state index is 12.2. The molecule has 0 fully saturated rings. The summed E-state index contributed by atoms with van der Waals surface area (Å²) < 4.78 is 0. The Kier molecular flexibility index (Phi) is 4.83. The van der Waals surface area contributed by atoms with E-state index in [1.165, 1.54) is 23.3 Å². The number of hydrogen-bond donors (Lipinski definition) is 3. The van der Waals surface area contributed by atoms with Crippen molar-refractivity contribution in [3.8, 4) is 0 Å². The summed E-state index contributed by atoms with van der Waals surface area (Å²) in [6.45, 7) is 3.28. The van der Waals surface area contributed by atoms with Crippen LogP contribution in [0.2, 0.25) is 0 Å². The molecule has 4 nitrogen and oxygen atoms in total. The highest BCUT2D eigenvalue weighted by atomic mass is 32.1. The third-order valence-corrected chi connectivity index (χ3v) is 5.34. The van der Waals surface area contributed by atoms with E-state index in [0.717, 1.165) is 18.8 Å². The van der Waals surface area contributed by atoms with E-state index in [4.69, 9.17) is 0 Å². The molecule has 1 aliphatic carbocycles. The van der Waals surface area contributed by atoms with E-state index in [1.807, 2.05) is 6.07 Å². The van der Waals surface area contributed by atoms with Crippen LogP contribution in [0.4, 0.5) is 0 Å². The van der Waals surface area contributed by atoms with Gasteiger partial charge in [0.2, 0.25) is 0 Å². The summed E-state index contributed by atoms with van der Waals surface area (Å²) in [4.78, 5) is 14.2. The van der Waals surface area contributed by atoms with Gasteiger partial charge >= 0.3 is 0 Å². The minimum Gasteiger partial charge on any atom is -0.394 e. The number of hydrogen-bond acceptors (Lipinski definition) is 4. The second kappa shape index (κ2) is 6.24. The third-order valence-electron chi connectivity index (χ3n) is 4.10. The molecule has 3 N–H and O–H groups in total. The van der Waals surface area contributed by atoms with Gasteiger partial charge in [0, 0.05) is 4.88 Å². The number of fused-ring (bicyclic) bond motifs is 1. The molecular weight excluding hydrogens is 274 g/mol. The van der Waals surface area contributed by atoms with Crippen molar-refractivity contribution in [3.63, 3.8) is 0 Å². The predicted molar refractivity (Wildman–Crippen MR) is 80.2 cm³/mol. The molecule has 0 spiro atoms. The van der Waals surface area contributed by atoms with Gasteiger partial charge in [-0.1, -0.05) is 13.3 Å². The molecule has 0 saturated carbocycles. The Morgan fingerprint density at radius 3 is 2.80 bits per heavy atom. The molecule has 1 aliphatic rings. The van der Waals surface area contributed by atoms with Gasteiger partial charge in [-0.2, -0.15) is 0 Å². The number of aliphatic hydroxyl groups is 2. The number of aryl methyl sites for hydroxylation is 1. The fourth-order valence-corrected chi connectivity index (χ4v) is 3.63. The summed E-state index contributed by atoms with van der Waals surface area (Å²) in [5.74, 6) is 0.524. The average Bonchev–Trinajstić information content (AvgIpc) is 2.90. The zero-order chi connectivity index (χ0) is 14.8. The number of carbonyl (C=O) groups is 1. The Balaban J connectivity index is 2.11. The number of aliphatic hydroxyl groups excluding tert-OH is 2. The van der Waals surface area contributed by atoms with Gasteiger partial charge in [-0.25, -0.2) is 0 Å². The molecule has 0 aliphatic heterocycles. The number of carbonyl (C=O) groups excluding carboxylic acids is 1. The average molecular weight is 297 g/mol. The van der Waals surface area contributed by atoms with Crippen molar-refractivity contribution in [1.29, 1.82) is 0 Å². The topological polar surface area (TPSA) is 69.6 Å². The van der Waals surface area contributed by atoms with Gasteiger partial charge in [-0.05, 0) is 43.7 Å². The molecule has 1 aromatic heterocycles. The van der Waals surface area contributed by atoms with E-state index in [2.05, 4.69) is 12.2 Å². The first-order chi connectivity index (χ1) is 9.51. The zero-order valence-corrected chi connectivity index (χ0v) is 12.9. The third kappa shape index (κ3) is 3.22. The summed E-state index contributed by atoms with van der Waals surface area (Å²) in [6.07, 6.45) is 4.51. The van der Waals surface area contributed by atoms with E-state index in [9.17, 15) is 15.0 Å². The van der Waals surface area contributed by atoms with Gasteiger partial charge in [-0.3, -0.25) is 4.79 Å². The lowest BCUT2D eigenvalue weighted by Gasteiger charge is -2.25. The van der Waals surface area contributed by atoms with Crippen molar-refractivity contribution >= 4 is 17.2 Å². The van der Waals surface area contributed by atoms with Crippen LogP contribution < -0.4 is 5.32 Å². The second-order valence-electron chi connectivity index (χ2n) is 5.91. The SMILES string of the molecule is CCC1CCc2sc(C(=O)NC(C)(CO)CO)cc2C1. The fraction of sp³-hybridized carbons (Fsp3) is 0.667. The molecule has 112 valence electrons. The molecule has 1 unspecified atom stereocenters. The zero-order valence-electron chi connectivity index (χ0n) is 12.1. The van der Waals surface area contributed by atoms with Crippen molar-refractivity contribution in [2.45, 2.75) is 45.1 Å². The quantitative estimate of drug-likeness (QED) is 0.775. The first-order valence-electron chi connectivity index (χ1n) is 7.17. The highest BCUT2D eigenvalue weighted by Gasteiger charge is 2.27. The van der Waals surface area contributed by atoms with Crippen LogP contribution in [0.1, 0.15) is 46.8 Å². The van der Waals surface area contributed by atoms with Crippen LogP contribution in [0.15, 0.2) is 6.07 Å². The standard InChI is InChI=1S/C15H23NO3S/c1-3-10-4-5-12-11(6-10)7-13(20-12)14(19)16-15(2,8-17)9-18/h7,10,17-18H,3-6,8-9H2,1-2H3,(H,16,19). The van der Waals surface area contributed by atoms with Crippen LogP contribution in [0, 0.1) is 5.92 Å². The molecular formula is C15H23NO3S. The fourth-order valence-electron chi connectivity index (χ4n) is 2.52. The van der Waals surface area contributed by atoms with Crippen molar-refractivity contribution in [2.75, 3.05) is 13.2 Å². The van der Waals surface area contributed by atoms with Gasteiger partial charge < -0.3 is 15.5 Å². The van der Waals surface area contributed by atoms with E-state index in [-0.39, 0.29) is 19.1 Å². The highest BCUT2D eigenvalue weighted by Crippen LogP contribution is 2.33.